The van der Waals surface area contributed by atoms with E-state index in [0.29, 0.717) is 36.8 Å². The van der Waals surface area contributed by atoms with Gasteiger partial charge in [-0.1, -0.05) is 12.1 Å². The van der Waals surface area contributed by atoms with Crippen LogP contribution in [0.5, 0.6) is 11.6 Å². The molecule has 12 nitrogen and oxygen atoms in total. The van der Waals surface area contributed by atoms with Gasteiger partial charge >= 0.3 is 11.9 Å². The SMILES string of the molecule is COC(=O)c1ccc(OCCO[C@@H]2C[C@H]3CN(CC4CC(Oc5ccc(-c6ccc7c8cnccc8n(C)c7c6)cn5)C4)CCN3C2)cc1C(=O)OC. The molecule has 0 N–H and O–H groups in total. The first kappa shape index (κ1) is 35.0. The fourth-order valence-electron chi connectivity index (χ4n) is 8.21. The van der Waals surface area contributed by atoms with Crippen molar-refractivity contribution in [1.29, 1.82) is 0 Å². The van der Waals surface area contributed by atoms with Gasteiger partial charge in [0, 0.05) is 92.3 Å². The monoisotopic (exact) mass is 719 g/mol. The van der Waals surface area contributed by atoms with Gasteiger partial charge in [0.1, 0.15) is 18.5 Å². The van der Waals surface area contributed by atoms with Gasteiger partial charge < -0.3 is 33.2 Å². The highest BCUT2D eigenvalue weighted by Gasteiger charge is 2.39. The Hall–Kier alpha value is -5.04. The highest BCUT2D eigenvalue weighted by molar-refractivity contribution is 6.08. The van der Waals surface area contributed by atoms with Crippen LogP contribution >= 0.6 is 0 Å². The minimum Gasteiger partial charge on any atom is -0.491 e. The molecular weight excluding hydrogens is 674 g/mol. The summed E-state index contributed by atoms with van der Waals surface area (Å²) in [6, 6.07) is 17.8. The van der Waals surface area contributed by atoms with E-state index in [1.54, 1.807) is 6.07 Å². The summed E-state index contributed by atoms with van der Waals surface area (Å²) in [4.78, 5) is 38.4. The second-order valence-electron chi connectivity index (χ2n) is 14.3. The van der Waals surface area contributed by atoms with Crippen LogP contribution in [-0.2, 0) is 21.3 Å². The second kappa shape index (κ2) is 15.1. The fourth-order valence-corrected chi connectivity index (χ4v) is 8.21. The number of methoxy groups -OCH3 is 2. The van der Waals surface area contributed by atoms with Crippen LogP contribution in [0.25, 0.3) is 32.9 Å². The average molecular weight is 720 g/mol. The Balaban J connectivity index is 0.756. The zero-order valence-electron chi connectivity index (χ0n) is 30.4. The number of fused-ring (bicyclic) bond motifs is 4. The molecular formula is C41H45N5O7. The van der Waals surface area contributed by atoms with E-state index in [0.717, 1.165) is 63.1 Å². The van der Waals surface area contributed by atoms with Crippen LogP contribution in [0.4, 0.5) is 0 Å². The molecule has 0 amide bonds. The lowest BCUT2D eigenvalue weighted by atomic mass is 9.81. The van der Waals surface area contributed by atoms with Gasteiger partial charge in [0.25, 0.3) is 0 Å². The van der Waals surface area contributed by atoms with Gasteiger partial charge in [-0.05, 0) is 67.1 Å². The van der Waals surface area contributed by atoms with Crippen molar-refractivity contribution in [3.8, 4) is 22.8 Å². The van der Waals surface area contributed by atoms with Crippen LogP contribution in [0.15, 0.2) is 73.2 Å². The molecule has 1 saturated carbocycles. The number of hydrogen-bond donors (Lipinski definition) is 0. The van der Waals surface area contributed by atoms with Crippen molar-refractivity contribution in [3.05, 3.63) is 84.3 Å². The lowest BCUT2D eigenvalue weighted by Crippen LogP contribution is -2.52. The molecule has 2 aliphatic heterocycles. The van der Waals surface area contributed by atoms with E-state index < -0.39 is 11.9 Å². The first-order valence-electron chi connectivity index (χ1n) is 18.3. The van der Waals surface area contributed by atoms with Gasteiger partial charge in [-0.25, -0.2) is 14.6 Å². The van der Waals surface area contributed by atoms with Crippen LogP contribution in [0.1, 0.15) is 40.0 Å². The zero-order chi connectivity index (χ0) is 36.5. The van der Waals surface area contributed by atoms with Crippen molar-refractivity contribution >= 4 is 33.7 Å². The van der Waals surface area contributed by atoms with Crippen molar-refractivity contribution in [1.82, 2.24) is 24.3 Å². The van der Waals surface area contributed by atoms with Crippen molar-refractivity contribution in [2.45, 2.75) is 37.5 Å². The molecule has 5 heterocycles. The topological polar surface area (TPSA) is 117 Å². The number of benzene rings is 2. The lowest BCUT2D eigenvalue weighted by Gasteiger charge is -2.42. The Bertz CT molecular complexity index is 2110. The third-order valence-electron chi connectivity index (χ3n) is 11.0. The number of ether oxygens (including phenoxy) is 5. The molecule has 0 spiro atoms. The number of pyridine rings is 2. The van der Waals surface area contributed by atoms with Gasteiger partial charge in [-0.3, -0.25) is 9.88 Å². The number of hydrogen-bond acceptors (Lipinski definition) is 11. The van der Waals surface area contributed by atoms with Crippen molar-refractivity contribution in [2.24, 2.45) is 13.0 Å². The van der Waals surface area contributed by atoms with Crippen molar-refractivity contribution < 1.29 is 33.3 Å². The summed E-state index contributed by atoms with van der Waals surface area (Å²) in [6.45, 7) is 5.98. The normalized spacial score (nSPS) is 21.6. The molecule has 0 unspecified atom stereocenters. The van der Waals surface area contributed by atoms with E-state index in [-0.39, 0.29) is 23.3 Å². The number of esters is 2. The van der Waals surface area contributed by atoms with E-state index in [1.807, 2.05) is 24.7 Å². The molecule has 2 aromatic carbocycles. The van der Waals surface area contributed by atoms with Gasteiger partial charge in [0.15, 0.2) is 0 Å². The standard InChI is InChI=1S/C41H45N5O7/c1-44-37-10-11-42-22-36(37)33-7-4-27(18-38(33)44)28-5-9-39(43-21-28)53-31-16-26(17-31)23-45-12-13-46-25-32(19-29(46)24-45)52-15-14-51-30-6-8-34(40(47)49-2)35(20-30)41(48)50-3/h4-11,18,20-22,26,29,31-32H,12-17,19,23-25H2,1-3H3/t26?,29-,31?,32+/m0/s1. The number of piperazine rings is 1. The Morgan fingerprint density at radius 3 is 2.43 bits per heavy atom. The molecule has 276 valence electrons. The smallest absolute Gasteiger partial charge is 0.338 e. The summed E-state index contributed by atoms with van der Waals surface area (Å²) in [5.74, 6) is 0.554. The van der Waals surface area contributed by atoms with Crippen molar-refractivity contribution in [3.63, 3.8) is 0 Å². The number of aryl methyl sites for hydroxylation is 1. The maximum atomic E-state index is 12.2. The van der Waals surface area contributed by atoms with Gasteiger partial charge in [0.05, 0.1) is 43.6 Å². The Labute approximate surface area is 308 Å². The van der Waals surface area contributed by atoms with E-state index in [9.17, 15) is 9.59 Å². The predicted molar refractivity (Wildman–Crippen MR) is 199 cm³/mol. The Morgan fingerprint density at radius 1 is 0.792 bits per heavy atom. The number of rotatable bonds is 12. The number of carbonyl (C=O) groups is 2. The van der Waals surface area contributed by atoms with Crippen LogP contribution < -0.4 is 9.47 Å². The number of aromatic nitrogens is 3. The molecule has 0 bridgehead atoms. The van der Waals surface area contributed by atoms with Crippen molar-refractivity contribution in [2.75, 3.05) is 60.2 Å². The summed E-state index contributed by atoms with van der Waals surface area (Å²) in [6.07, 6.45) is 9.17. The maximum absolute atomic E-state index is 12.2. The first-order chi connectivity index (χ1) is 25.9. The van der Waals surface area contributed by atoms with E-state index in [1.165, 1.54) is 48.2 Å². The molecule has 8 rings (SSSR count). The van der Waals surface area contributed by atoms with Gasteiger partial charge in [-0.15, -0.1) is 0 Å². The third kappa shape index (κ3) is 7.31. The minimum atomic E-state index is -0.626. The maximum Gasteiger partial charge on any atom is 0.338 e. The molecule has 5 aromatic rings. The first-order valence-corrected chi connectivity index (χ1v) is 18.3. The molecule has 2 saturated heterocycles. The number of carbonyl (C=O) groups excluding carboxylic acids is 2. The van der Waals surface area contributed by atoms with E-state index >= 15 is 0 Å². The predicted octanol–water partition coefficient (Wildman–Crippen LogP) is 5.37. The van der Waals surface area contributed by atoms with E-state index in [2.05, 4.69) is 61.7 Å². The highest BCUT2D eigenvalue weighted by atomic mass is 16.5. The second-order valence-corrected chi connectivity index (χ2v) is 14.3. The number of nitrogens with zero attached hydrogens (tertiary/aromatic N) is 5. The quantitative estimate of drug-likeness (QED) is 0.122. The minimum absolute atomic E-state index is 0.104. The van der Waals surface area contributed by atoms with Crippen LogP contribution in [0.3, 0.4) is 0 Å². The molecule has 3 aromatic heterocycles. The molecule has 2 atom stereocenters. The summed E-state index contributed by atoms with van der Waals surface area (Å²) >= 11 is 0. The molecule has 0 radical (unpaired) electrons. The summed E-state index contributed by atoms with van der Waals surface area (Å²) < 4.78 is 30.1. The van der Waals surface area contributed by atoms with Gasteiger partial charge in [-0.2, -0.15) is 0 Å². The average Bonchev–Trinajstić information content (AvgIpc) is 3.72. The Kier molecular flexibility index (Phi) is 10.00. The fraction of sp³-hybridized carbons (Fsp3) is 0.415. The summed E-state index contributed by atoms with van der Waals surface area (Å²) in [7, 11) is 4.63. The third-order valence-corrected chi connectivity index (χ3v) is 11.0. The summed E-state index contributed by atoms with van der Waals surface area (Å²) in [5, 5.41) is 2.37. The summed E-state index contributed by atoms with van der Waals surface area (Å²) in [5.41, 5.74) is 4.79. The largest absolute Gasteiger partial charge is 0.491 e. The lowest BCUT2D eigenvalue weighted by molar-refractivity contribution is 0.0204. The van der Waals surface area contributed by atoms with Crippen LogP contribution in [0.2, 0.25) is 0 Å². The molecule has 53 heavy (non-hydrogen) atoms. The van der Waals surface area contributed by atoms with Crippen LogP contribution in [0, 0.1) is 5.92 Å². The van der Waals surface area contributed by atoms with Crippen LogP contribution in [-0.4, -0.2) is 115 Å². The van der Waals surface area contributed by atoms with Gasteiger partial charge in [0.2, 0.25) is 5.88 Å². The van der Waals surface area contributed by atoms with E-state index in [4.69, 9.17) is 23.7 Å². The molecule has 3 fully saturated rings. The molecule has 12 heteroatoms. The molecule has 3 aliphatic rings. The Morgan fingerprint density at radius 2 is 1.62 bits per heavy atom. The highest BCUT2D eigenvalue weighted by Crippen LogP contribution is 2.35. The zero-order valence-corrected chi connectivity index (χ0v) is 30.4. The molecule has 1 aliphatic carbocycles.